The molecule has 3 heterocycles. The number of aromatic nitrogens is 1. The van der Waals surface area contributed by atoms with Crippen LogP contribution in [0.2, 0.25) is 5.02 Å². The summed E-state index contributed by atoms with van der Waals surface area (Å²) in [5.74, 6) is 1.08. The van der Waals surface area contributed by atoms with Crippen molar-refractivity contribution in [1.82, 2.24) is 9.88 Å². The number of benzene rings is 1. The molecule has 0 radical (unpaired) electrons. The summed E-state index contributed by atoms with van der Waals surface area (Å²) >= 11 is 6.06. The highest BCUT2D eigenvalue weighted by atomic mass is 35.5. The number of hydrogen-bond donors (Lipinski definition) is 0. The van der Waals surface area contributed by atoms with Crippen LogP contribution in [-0.2, 0) is 4.74 Å². The van der Waals surface area contributed by atoms with Crippen molar-refractivity contribution in [2.45, 2.75) is 18.9 Å². The van der Waals surface area contributed by atoms with E-state index in [1.54, 1.807) is 0 Å². The van der Waals surface area contributed by atoms with Gasteiger partial charge in [0.25, 0.3) is 0 Å². The van der Waals surface area contributed by atoms with Crippen LogP contribution in [0.1, 0.15) is 12.8 Å². The molecule has 2 aliphatic heterocycles. The first-order valence-electron chi connectivity index (χ1n) is 8.43. The lowest BCUT2D eigenvalue weighted by Gasteiger charge is -2.41. The van der Waals surface area contributed by atoms with Crippen molar-refractivity contribution in [3.8, 4) is 0 Å². The topological polar surface area (TPSA) is 28.6 Å². The van der Waals surface area contributed by atoms with Crippen LogP contribution in [0.15, 0.2) is 30.3 Å². The zero-order valence-electron chi connectivity index (χ0n) is 13.2. The predicted octanol–water partition coefficient (Wildman–Crippen LogP) is 3.19. The first kappa shape index (κ1) is 15.2. The molecule has 0 amide bonds. The molecular formula is C18H22ClN3O. The van der Waals surface area contributed by atoms with Gasteiger partial charge in [-0.25, -0.2) is 4.98 Å². The van der Waals surface area contributed by atoms with Gasteiger partial charge in [0.05, 0.1) is 18.7 Å². The van der Waals surface area contributed by atoms with Crippen LogP contribution in [-0.4, -0.2) is 55.3 Å². The highest BCUT2D eigenvalue weighted by Gasteiger charge is 2.27. The first-order chi connectivity index (χ1) is 11.3. The second kappa shape index (κ2) is 6.63. The summed E-state index contributed by atoms with van der Waals surface area (Å²) in [6.07, 6.45) is 2.50. The predicted molar refractivity (Wildman–Crippen MR) is 94.4 cm³/mol. The average molecular weight is 332 g/mol. The molecule has 1 atom stereocenters. The van der Waals surface area contributed by atoms with E-state index in [0.717, 1.165) is 61.1 Å². The lowest BCUT2D eigenvalue weighted by atomic mass is 10.0. The van der Waals surface area contributed by atoms with Crippen LogP contribution in [0.3, 0.4) is 0 Å². The van der Waals surface area contributed by atoms with E-state index in [2.05, 4.69) is 21.9 Å². The Morgan fingerprint density at radius 1 is 1.09 bits per heavy atom. The average Bonchev–Trinajstić information content (AvgIpc) is 2.62. The van der Waals surface area contributed by atoms with Crippen LogP contribution >= 0.6 is 11.6 Å². The molecule has 0 aliphatic carbocycles. The molecule has 2 saturated heterocycles. The number of ether oxygens (including phenoxy) is 1. The van der Waals surface area contributed by atoms with Crippen LogP contribution in [0, 0.1) is 0 Å². The monoisotopic (exact) mass is 331 g/mol. The Morgan fingerprint density at radius 3 is 2.83 bits per heavy atom. The summed E-state index contributed by atoms with van der Waals surface area (Å²) in [5.41, 5.74) is 1.01. The lowest BCUT2D eigenvalue weighted by Crippen LogP contribution is -2.51. The molecule has 1 unspecified atom stereocenters. The van der Waals surface area contributed by atoms with Crippen LogP contribution in [0.4, 0.5) is 5.82 Å². The number of morpholine rings is 1. The van der Waals surface area contributed by atoms with E-state index in [0.29, 0.717) is 6.04 Å². The van der Waals surface area contributed by atoms with E-state index in [1.165, 1.54) is 12.8 Å². The van der Waals surface area contributed by atoms with Crippen molar-refractivity contribution in [2.24, 2.45) is 0 Å². The number of rotatable bonds is 2. The van der Waals surface area contributed by atoms with E-state index in [-0.39, 0.29) is 0 Å². The molecule has 5 heteroatoms. The molecule has 1 aromatic carbocycles. The smallest absolute Gasteiger partial charge is 0.129 e. The second-order valence-corrected chi connectivity index (χ2v) is 6.83. The minimum atomic E-state index is 0.621. The Labute approximate surface area is 142 Å². The Hall–Kier alpha value is -1.36. The summed E-state index contributed by atoms with van der Waals surface area (Å²) in [7, 11) is 0. The van der Waals surface area contributed by atoms with Gasteiger partial charge in [0.1, 0.15) is 5.82 Å². The Kier molecular flexibility index (Phi) is 4.38. The quantitative estimate of drug-likeness (QED) is 0.845. The van der Waals surface area contributed by atoms with Gasteiger partial charge in [-0.3, -0.25) is 4.90 Å². The fourth-order valence-electron chi connectivity index (χ4n) is 3.67. The molecule has 0 N–H and O–H groups in total. The highest BCUT2D eigenvalue weighted by Crippen LogP contribution is 2.25. The minimum Gasteiger partial charge on any atom is -0.379 e. The molecule has 2 aromatic rings. The van der Waals surface area contributed by atoms with Crippen molar-refractivity contribution in [3.05, 3.63) is 35.4 Å². The van der Waals surface area contributed by atoms with E-state index < -0.39 is 0 Å². The van der Waals surface area contributed by atoms with Gasteiger partial charge in [-0.15, -0.1) is 0 Å². The maximum atomic E-state index is 6.06. The Morgan fingerprint density at radius 2 is 1.96 bits per heavy atom. The number of nitrogens with zero attached hydrogens (tertiary/aromatic N) is 3. The van der Waals surface area contributed by atoms with Crippen molar-refractivity contribution in [1.29, 1.82) is 0 Å². The molecule has 4 nitrogen and oxygen atoms in total. The number of fused-ring (bicyclic) bond motifs is 1. The normalized spacial score (nSPS) is 23.3. The largest absolute Gasteiger partial charge is 0.379 e. The molecule has 1 aromatic heterocycles. The molecular weight excluding hydrogens is 310 g/mol. The fourth-order valence-corrected chi connectivity index (χ4v) is 3.85. The van der Waals surface area contributed by atoms with Gasteiger partial charge < -0.3 is 9.64 Å². The number of anilines is 1. The van der Waals surface area contributed by atoms with Gasteiger partial charge in [0.2, 0.25) is 0 Å². The van der Waals surface area contributed by atoms with Crippen molar-refractivity contribution < 1.29 is 4.74 Å². The zero-order valence-corrected chi connectivity index (χ0v) is 14.0. The second-order valence-electron chi connectivity index (χ2n) is 6.40. The van der Waals surface area contributed by atoms with Gasteiger partial charge >= 0.3 is 0 Å². The maximum absolute atomic E-state index is 6.06. The van der Waals surface area contributed by atoms with Crippen LogP contribution in [0.5, 0.6) is 0 Å². The Bertz CT molecular complexity index is 687. The number of hydrogen-bond acceptors (Lipinski definition) is 4. The third kappa shape index (κ3) is 3.30. The zero-order chi connectivity index (χ0) is 15.6. The minimum absolute atomic E-state index is 0.621. The highest BCUT2D eigenvalue weighted by molar-refractivity contribution is 6.31. The van der Waals surface area contributed by atoms with Gasteiger partial charge in [0, 0.05) is 42.6 Å². The van der Waals surface area contributed by atoms with Gasteiger partial charge in [-0.05, 0) is 43.2 Å². The van der Waals surface area contributed by atoms with E-state index in [4.69, 9.17) is 21.3 Å². The molecule has 0 bridgehead atoms. The SMILES string of the molecule is Clc1ccc2nc(N3CCCC(N4CCOCC4)C3)ccc2c1. The number of halogens is 1. The van der Waals surface area contributed by atoms with Crippen molar-refractivity contribution in [3.63, 3.8) is 0 Å². The molecule has 4 rings (SSSR count). The molecule has 2 fully saturated rings. The van der Waals surface area contributed by atoms with E-state index in [9.17, 15) is 0 Å². The van der Waals surface area contributed by atoms with Crippen molar-refractivity contribution >= 4 is 28.3 Å². The van der Waals surface area contributed by atoms with Gasteiger partial charge in [-0.1, -0.05) is 11.6 Å². The summed E-state index contributed by atoms with van der Waals surface area (Å²) in [4.78, 5) is 9.85. The summed E-state index contributed by atoms with van der Waals surface area (Å²) < 4.78 is 5.48. The van der Waals surface area contributed by atoms with Gasteiger partial charge in [0.15, 0.2) is 0 Å². The third-order valence-electron chi connectivity index (χ3n) is 4.92. The Balaban J connectivity index is 1.53. The summed E-state index contributed by atoms with van der Waals surface area (Å²) in [6, 6.07) is 10.8. The molecule has 0 saturated carbocycles. The van der Waals surface area contributed by atoms with Crippen LogP contribution < -0.4 is 4.90 Å². The number of pyridine rings is 1. The van der Waals surface area contributed by atoms with Gasteiger partial charge in [-0.2, -0.15) is 0 Å². The van der Waals surface area contributed by atoms with Crippen molar-refractivity contribution in [2.75, 3.05) is 44.3 Å². The number of piperidine rings is 1. The molecule has 2 aliphatic rings. The standard InChI is InChI=1S/C18H22ClN3O/c19-15-4-5-17-14(12-15)3-6-18(20-17)22-7-1-2-16(13-22)21-8-10-23-11-9-21/h3-6,12,16H,1-2,7-11,13H2. The first-order valence-corrected chi connectivity index (χ1v) is 8.80. The summed E-state index contributed by atoms with van der Waals surface area (Å²) in [5, 5.41) is 1.86. The summed E-state index contributed by atoms with van der Waals surface area (Å²) in [6.45, 7) is 6.00. The van der Waals surface area contributed by atoms with E-state index in [1.807, 2.05) is 18.2 Å². The molecule has 122 valence electrons. The molecule has 0 spiro atoms. The molecule has 23 heavy (non-hydrogen) atoms. The maximum Gasteiger partial charge on any atom is 0.129 e. The fraction of sp³-hybridized carbons (Fsp3) is 0.500. The van der Waals surface area contributed by atoms with Crippen LogP contribution in [0.25, 0.3) is 10.9 Å². The lowest BCUT2D eigenvalue weighted by molar-refractivity contribution is 0.0137. The third-order valence-corrected chi connectivity index (χ3v) is 5.15. The van der Waals surface area contributed by atoms with E-state index >= 15 is 0 Å².